The molecule has 1 aromatic rings. The van der Waals surface area contributed by atoms with Crippen molar-refractivity contribution in [1.29, 1.82) is 0 Å². The van der Waals surface area contributed by atoms with Crippen molar-refractivity contribution in [3.63, 3.8) is 0 Å². The van der Waals surface area contributed by atoms with Gasteiger partial charge in [-0.3, -0.25) is 4.79 Å². The third-order valence-electron chi connectivity index (χ3n) is 2.35. The van der Waals surface area contributed by atoms with Crippen LogP contribution < -0.4 is 0 Å². The number of esters is 1. The number of nitrogens with zero attached hydrogens (tertiary/aromatic N) is 3. The minimum Gasteiger partial charge on any atom is -0.460 e. The molecule has 0 saturated heterocycles. The van der Waals surface area contributed by atoms with E-state index in [0.717, 1.165) is 0 Å². The van der Waals surface area contributed by atoms with Crippen LogP contribution in [-0.4, -0.2) is 22.7 Å². The highest BCUT2D eigenvalue weighted by Gasteiger charge is 2.32. The van der Waals surface area contributed by atoms with E-state index in [4.69, 9.17) is 21.9 Å². The molecule has 0 spiro atoms. The Morgan fingerprint density at radius 1 is 1.45 bits per heavy atom. The summed E-state index contributed by atoms with van der Waals surface area (Å²) < 4.78 is 5.13. The van der Waals surface area contributed by atoms with Crippen molar-refractivity contribution in [2.45, 2.75) is 38.5 Å². The van der Waals surface area contributed by atoms with Crippen molar-refractivity contribution in [3.8, 4) is 0 Å². The lowest BCUT2D eigenvalue weighted by atomic mass is 10.0. The number of hydrogen-bond acceptors (Lipinski definition) is 4. The lowest BCUT2D eigenvalue weighted by Gasteiger charge is -2.24. The number of hydrogen-bond donors (Lipinski definition) is 1. The molecular formula is C13H16ClN3O3. The molecule has 1 N–H and O–H groups in total. The molecule has 0 heterocycles. The number of azide groups is 1. The first-order valence-electron chi connectivity index (χ1n) is 5.96. The van der Waals surface area contributed by atoms with Crippen molar-refractivity contribution in [2.75, 3.05) is 0 Å². The summed E-state index contributed by atoms with van der Waals surface area (Å²) in [6.07, 6.45) is -1.37. The highest BCUT2D eigenvalue weighted by molar-refractivity contribution is 6.31. The van der Waals surface area contributed by atoms with E-state index in [1.165, 1.54) is 0 Å². The van der Waals surface area contributed by atoms with Crippen LogP contribution in [0.1, 0.15) is 32.4 Å². The zero-order valence-electron chi connectivity index (χ0n) is 11.4. The van der Waals surface area contributed by atoms with Crippen molar-refractivity contribution in [1.82, 2.24) is 0 Å². The van der Waals surface area contributed by atoms with Gasteiger partial charge in [-0.25, -0.2) is 0 Å². The zero-order valence-corrected chi connectivity index (χ0v) is 12.2. The molecular weight excluding hydrogens is 282 g/mol. The molecule has 0 radical (unpaired) electrons. The molecule has 20 heavy (non-hydrogen) atoms. The molecule has 108 valence electrons. The fraction of sp³-hybridized carbons (Fsp3) is 0.462. The standard InChI is InChI=1S/C13H16ClN3O3/c1-13(2,3)20-12(19)10(16-17-15)11(18)8-6-4-5-7-9(8)14/h4-7,10-11,18H,1-3H3/t10-,11+/m0/s1. The molecule has 1 rings (SSSR count). The van der Waals surface area contributed by atoms with E-state index in [9.17, 15) is 9.90 Å². The summed E-state index contributed by atoms with van der Waals surface area (Å²) in [5.74, 6) is -0.803. The second-order valence-corrected chi connectivity index (χ2v) is 5.56. The van der Waals surface area contributed by atoms with Gasteiger partial charge in [0, 0.05) is 15.5 Å². The summed E-state index contributed by atoms with van der Waals surface area (Å²) in [4.78, 5) is 14.6. The number of carbonyl (C=O) groups is 1. The molecule has 0 aliphatic rings. The highest BCUT2D eigenvalue weighted by atomic mass is 35.5. The number of rotatable bonds is 4. The third kappa shape index (κ3) is 4.42. The van der Waals surface area contributed by atoms with Crippen LogP contribution in [0.25, 0.3) is 10.4 Å². The van der Waals surface area contributed by atoms with Crippen LogP contribution in [0.3, 0.4) is 0 Å². The predicted octanol–water partition coefficient (Wildman–Crippen LogP) is 3.39. The van der Waals surface area contributed by atoms with Gasteiger partial charge in [-0.1, -0.05) is 34.9 Å². The zero-order chi connectivity index (χ0) is 15.3. The van der Waals surface area contributed by atoms with Gasteiger partial charge in [0.25, 0.3) is 0 Å². The Balaban J connectivity index is 3.05. The van der Waals surface area contributed by atoms with E-state index in [-0.39, 0.29) is 5.02 Å². The molecule has 0 aromatic heterocycles. The lowest BCUT2D eigenvalue weighted by Crippen LogP contribution is -2.34. The summed E-state index contributed by atoms with van der Waals surface area (Å²) in [6, 6.07) is 5.08. The van der Waals surface area contributed by atoms with Gasteiger partial charge in [0.15, 0.2) is 6.04 Å². The van der Waals surface area contributed by atoms with E-state index >= 15 is 0 Å². The van der Waals surface area contributed by atoms with Crippen LogP contribution in [0.2, 0.25) is 5.02 Å². The molecule has 6 nitrogen and oxygen atoms in total. The average Bonchev–Trinajstić information content (AvgIpc) is 2.33. The molecule has 1 aromatic carbocycles. The first-order valence-corrected chi connectivity index (χ1v) is 6.33. The minimum absolute atomic E-state index is 0.279. The fourth-order valence-electron chi connectivity index (χ4n) is 1.54. The summed E-state index contributed by atoms with van der Waals surface area (Å²) in [5, 5.41) is 13.8. The van der Waals surface area contributed by atoms with Crippen LogP contribution in [0, 0.1) is 0 Å². The maximum atomic E-state index is 12.0. The van der Waals surface area contributed by atoms with E-state index in [2.05, 4.69) is 10.0 Å². The van der Waals surface area contributed by atoms with Gasteiger partial charge >= 0.3 is 5.97 Å². The predicted molar refractivity (Wildman–Crippen MR) is 75.2 cm³/mol. The molecule has 0 unspecified atom stereocenters. The topological polar surface area (TPSA) is 95.3 Å². The highest BCUT2D eigenvalue weighted by Crippen LogP contribution is 2.28. The second kappa shape index (κ2) is 6.61. The van der Waals surface area contributed by atoms with Gasteiger partial charge in [0.05, 0.1) is 6.10 Å². The molecule has 0 aliphatic carbocycles. The summed E-state index contributed by atoms with van der Waals surface area (Å²) in [6.45, 7) is 5.04. The van der Waals surface area contributed by atoms with Gasteiger partial charge in [-0.05, 0) is 32.4 Å². The first-order chi connectivity index (χ1) is 9.26. The summed E-state index contributed by atoms with van der Waals surface area (Å²) in [5.41, 5.74) is 8.11. The third-order valence-corrected chi connectivity index (χ3v) is 2.69. The summed E-state index contributed by atoms with van der Waals surface area (Å²) >= 11 is 5.95. The molecule has 2 atom stereocenters. The number of carbonyl (C=O) groups excluding carboxylic acids is 1. The van der Waals surface area contributed by atoms with Gasteiger partial charge in [-0.2, -0.15) is 0 Å². The SMILES string of the molecule is CC(C)(C)OC(=O)[C@@H](N=[N+]=[N-])[C@H](O)c1ccccc1Cl. The van der Waals surface area contributed by atoms with Gasteiger partial charge in [0.1, 0.15) is 5.60 Å². The van der Waals surface area contributed by atoms with Crippen molar-refractivity contribution in [3.05, 3.63) is 45.3 Å². The van der Waals surface area contributed by atoms with Crippen molar-refractivity contribution in [2.24, 2.45) is 5.11 Å². The van der Waals surface area contributed by atoms with Crippen LogP contribution in [-0.2, 0) is 9.53 Å². The van der Waals surface area contributed by atoms with Crippen molar-refractivity contribution < 1.29 is 14.6 Å². The monoisotopic (exact) mass is 297 g/mol. The maximum absolute atomic E-state index is 12.0. The minimum atomic E-state index is -1.39. The Bertz CT molecular complexity index is 536. The Morgan fingerprint density at radius 2 is 2.05 bits per heavy atom. The fourth-order valence-corrected chi connectivity index (χ4v) is 1.79. The second-order valence-electron chi connectivity index (χ2n) is 5.15. The molecule has 0 fully saturated rings. The molecule has 7 heteroatoms. The van der Waals surface area contributed by atoms with Gasteiger partial charge in [0.2, 0.25) is 0 Å². The molecule has 0 bridgehead atoms. The number of aliphatic hydroxyl groups is 1. The Labute approximate surface area is 121 Å². The molecule has 0 amide bonds. The lowest BCUT2D eigenvalue weighted by molar-refractivity contribution is -0.159. The first kappa shape index (κ1) is 16.3. The van der Waals surface area contributed by atoms with E-state index < -0.39 is 23.7 Å². The van der Waals surface area contributed by atoms with Crippen LogP contribution >= 0.6 is 11.6 Å². The normalized spacial score (nSPS) is 14.1. The Kier molecular flexibility index (Phi) is 5.39. The Hall–Kier alpha value is -1.75. The largest absolute Gasteiger partial charge is 0.460 e. The average molecular weight is 298 g/mol. The molecule has 0 saturated carbocycles. The van der Waals surface area contributed by atoms with Crippen molar-refractivity contribution >= 4 is 17.6 Å². The number of benzene rings is 1. The quantitative estimate of drug-likeness (QED) is 0.399. The van der Waals surface area contributed by atoms with E-state index in [0.29, 0.717) is 5.56 Å². The van der Waals surface area contributed by atoms with Gasteiger partial charge in [-0.15, -0.1) is 0 Å². The number of ether oxygens (including phenoxy) is 1. The van der Waals surface area contributed by atoms with Crippen LogP contribution in [0.15, 0.2) is 29.4 Å². The molecule has 0 aliphatic heterocycles. The van der Waals surface area contributed by atoms with Crippen LogP contribution in [0.5, 0.6) is 0 Å². The van der Waals surface area contributed by atoms with Crippen LogP contribution in [0.4, 0.5) is 0 Å². The van der Waals surface area contributed by atoms with E-state index in [1.807, 2.05) is 0 Å². The smallest absolute Gasteiger partial charge is 0.318 e. The summed E-state index contributed by atoms with van der Waals surface area (Å²) in [7, 11) is 0. The maximum Gasteiger partial charge on any atom is 0.318 e. The number of halogens is 1. The van der Waals surface area contributed by atoms with E-state index in [1.54, 1.807) is 45.0 Å². The Morgan fingerprint density at radius 3 is 2.55 bits per heavy atom. The number of aliphatic hydroxyl groups excluding tert-OH is 1. The van der Waals surface area contributed by atoms with Gasteiger partial charge < -0.3 is 9.84 Å².